The second kappa shape index (κ2) is 15.1. The molecule has 0 atom stereocenters. The van der Waals surface area contributed by atoms with Gasteiger partial charge in [0.05, 0.1) is 38.6 Å². The minimum atomic E-state index is 1.08. The van der Waals surface area contributed by atoms with E-state index in [1.807, 2.05) is 0 Å². The van der Waals surface area contributed by atoms with Gasteiger partial charge in [-0.15, -0.1) is 0 Å². The highest BCUT2D eigenvalue weighted by atomic mass is 15.1. The van der Waals surface area contributed by atoms with E-state index in [0.29, 0.717) is 0 Å². The molecule has 4 heterocycles. The Labute approximate surface area is 403 Å². The number of hydrogen-bond donors (Lipinski definition) is 0. The summed E-state index contributed by atoms with van der Waals surface area (Å²) in [6.45, 7) is 0. The molecule has 11 aromatic carbocycles. The standard InChI is InChI=1S/C66H42N4/c1-6-19-60-52(12-1)53-13-2-7-20-61(53)68(60)50-35-26-44(27-36-50)43-24-31-47(32-25-43)67(49-37-39-51(40-38-49)69-62-21-8-3-14-54(62)55-15-4-9-22-63(55)69)48-33-28-45(29-34-48)46-30-41-57-59-18-11-17-58-56-16-5-10-23-64(56)70(66(58)59)65(57)42-46/h1-42H. The maximum absolute atomic E-state index is 2.46. The molecule has 0 radical (unpaired) electrons. The highest BCUT2D eigenvalue weighted by Crippen LogP contribution is 2.42. The first-order valence-electron chi connectivity index (χ1n) is 24.1. The first-order chi connectivity index (χ1) is 34.7. The van der Waals surface area contributed by atoms with E-state index < -0.39 is 0 Å². The van der Waals surface area contributed by atoms with Crippen molar-refractivity contribution in [2.24, 2.45) is 0 Å². The van der Waals surface area contributed by atoms with Crippen LogP contribution in [-0.4, -0.2) is 13.5 Å². The summed E-state index contributed by atoms with van der Waals surface area (Å²) in [7, 11) is 0. The van der Waals surface area contributed by atoms with Crippen molar-refractivity contribution in [2.45, 2.75) is 0 Å². The number of benzene rings is 11. The third-order valence-electron chi connectivity index (χ3n) is 14.8. The van der Waals surface area contributed by atoms with E-state index in [1.54, 1.807) is 0 Å². The predicted octanol–water partition coefficient (Wildman–Crippen LogP) is 17.8. The van der Waals surface area contributed by atoms with Gasteiger partial charge < -0.3 is 18.4 Å². The van der Waals surface area contributed by atoms with E-state index >= 15 is 0 Å². The van der Waals surface area contributed by atoms with Gasteiger partial charge in [-0.05, 0) is 119 Å². The Morgan fingerprint density at radius 1 is 0.229 bits per heavy atom. The highest BCUT2D eigenvalue weighted by molar-refractivity contribution is 6.23. The minimum Gasteiger partial charge on any atom is -0.311 e. The van der Waals surface area contributed by atoms with Gasteiger partial charge in [0.25, 0.3) is 0 Å². The van der Waals surface area contributed by atoms with Crippen LogP contribution in [0.4, 0.5) is 17.1 Å². The fraction of sp³-hybridized carbons (Fsp3) is 0. The second-order valence-electron chi connectivity index (χ2n) is 18.5. The average Bonchev–Trinajstić information content (AvgIpc) is 4.16. The van der Waals surface area contributed by atoms with Crippen LogP contribution in [0.3, 0.4) is 0 Å². The van der Waals surface area contributed by atoms with Crippen LogP contribution in [0.5, 0.6) is 0 Å². The maximum atomic E-state index is 2.46. The van der Waals surface area contributed by atoms with Gasteiger partial charge in [-0.2, -0.15) is 0 Å². The van der Waals surface area contributed by atoms with Crippen LogP contribution >= 0.6 is 0 Å². The Bertz CT molecular complexity index is 4390. The molecule has 0 saturated heterocycles. The average molecular weight is 891 g/mol. The summed E-state index contributed by atoms with van der Waals surface area (Å²) in [5.74, 6) is 0. The van der Waals surface area contributed by atoms with Crippen LogP contribution in [0, 0.1) is 0 Å². The van der Waals surface area contributed by atoms with Crippen LogP contribution < -0.4 is 4.90 Å². The molecule has 4 nitrogen and oxygen atoms in total. The summed E-state index contributed by atoms with van der Waals surface area (Å²) in [4.78, 5) is 2.37. The number of rotatable bonds is 7. The quantitative estimate of drug-likeness (QED) is 0.156. The van der Waals surface area contributed by atoms with Gasteiger partial charge in [0.15, 0.2) is 0 Å². The smallest absolute Gasteiger partial charge is 0.0620 e. The van der Waals surface area contributed by atoms with Gasteiger partial charge in [-0.25, -0.2) is 0 Å². The van der Waals surface area contributed by atoms with Crippen molar-refractivity contribution in [2.75, 3.05) is 4.90 Å². The fourth-order valence-electron chi connectivity index (χ4n) is 11.6. The fourth-order valence-corrected chi connectivity index (χ4v) is 11.6. The van der Waals surface area contributed by atoms with Crippen molar-refractivity contribution in [1.29, 1.82) is 0 Å². The zero-order valence-electron chi connectivity index (χ0n) is 38.0. The summed E-state index contributed by atoms with van der Waals surface area (Å²) < 4.78 is 7.21. The molecular weight excluding hydrogens is 849 g/mol. The third kappa shape index (κ3) is 5.71. The number of nitrogens with zero attached hydrogens (tertiary/aromatic N) is 4. The molecule has 70 heavy (non-hydrogen) atoms. The molecule has 0 unspecified atom stereocenters. The van der Waals surface area contributed by atoms with Crippen molar-refractivity contribution in [3.63, 3.8) is 0 Å². The molecule has 0 bridgehead atoms. The van der Waals surface area contributed by atoms with Gasteiger partial charge in [0.2, 0.25) is 0 Å². The minimum absolute atomic E-state index is 1.08. The van der Waals surface area contributed by atoms with E-state index in [9.17, 15) is 0 Å². The molecule has 4 aromatic heterocycles. The van der Waals surface area contributed by atoms with Crippen molar-refractivity contribution >= 4 is 98.8 Å². The Hall–Kier alpha value is -9.38. The summed E-state index contributed by atoms with van der Waals surface area (Å²) in [6, 6.07) is 93.3. The zero-order chi connectivity index (χ0) is 45.9. The molecule has 0 amide bonds. The number of para-hydroxylation sites is 6. The zero-order valence-corrected chi connectivity index (χ0v) is 38.0. The van der Waals surface area contributed by atoms with Gasteiger partial charge in [-0.1, -0.05) is 158 Å². The summed E-state index contributed by atoms with van der Waals surface area (Å²) in [5.41, 5.74) is 18.9. The molecule has 15 rings (SSSR count). The third-order valence-corrected chi connectivity index (χ3v) is 14.8. The second-order valence-corrected chi connectivity index (χ2v) is 18.5. The highest BCUT2D eigenvalue weighted by Gasteiger charge is 2.20. The van der Waals surface area contributed by atoms with Crippen molar-refractivity contribution in [3.05, 3.63) is 255 Å². The van der Waals surface area contributed by atoms with E-state index in [-0.39, 0.29) is 0 Å². The van der Waals surface area contributed by atoms with Gasteiger partial charge in [-0.3, -0.25) is 0 Å². The molecule has 0 aliphatic rings. The Morgan fingerprint density at radius 2 is 0.543 bits per heavy atom. The topological polar surface area (TPSA) is 17.5 Å². The lowest BCUT2D eigenvalue weighted by atomic mass is 10.0. The molecule has 0 aliphatic heterocycles. The SMILES string of the molecule is c1ccc2c(c1)c1ccccc1n2-c1ccc(-c2ccc(N(c3ccc(-c4ccc5c6cccc7c8ccccc8n(c5c4)c76)cc3)c3ccc(-n4c5ccccc5c5ccccc54)cc3)cc2)cc1. The number of anilines is 3. The molecule has 0 N–H and O–H groups in total. The Balaban J connectivity index is 0.813. The molecule has 4 heteroatoms. The van der Waals surface area contributed by atoms with Gasteiger partial charge >= 0.3 is 0 Å². The van der Waals surface area contributed by atoms with Crippen LogP contribution in [0.25, 0.3) is 115 Å². The number of fused-ring (bicyclic) bond motifs is 12. The normalized spacial score (nSPS) is 12.0. The first-order valence-corrected chi connectivity index (χ1v) is 24.1. The molecule has 0 aliphatic carbocycles. The summed E-state index contributed by atoms with van der Waals surface area (Å²) in [6.07, 6.45) is 0. The monoisotopic (exact) mass is 890 g/mol. The first kappa shape index (κ1) is 38.7. The van der Waals surface area contributed by atoms with Gasteiger partial charge in [0.1, 0.15) is 0 Å². The largest absolute Gasteiger partial charge is 0.311 e. The van der Waals surface area contributed by atoms with E-state index in [0.717, 1.165) is 28.4 Å². The molecule has 326 valence electrons. The predicted molar refractivity (Wildman–Crippen MR) is 295 cm³/mol. The molecule has 0 spiro atoms. The van der Waals surface area contributed by atoms with Crippen LogP contribution in [-0.2, 0) is 0 Å². The Morgan fingerprint density at radius 3 is 1.00 bits per heavy atom. The van der Waals surface area contributed by atoms with Crippen molar-refractivity contribution in [3.8, 4) is 33.6 Å². The van der Waals surface area contributed by atoms with E-state index in [1.165, 1.54) is 104 Å². The lowest BCUT2D eigenvalue weighted by molar-refractivity contribution is 1.17. The van der Waals surface area contributed by atoms with E-state index in [2.05, 4.69) is 273 Å². The van der Waals surface area contributed by atoms with Gasteiger partial charge in [0, 0.05) is 71.5 Å². The lowest BCUT2D eigenvalue weighted by Gasteiger charge is -2.26. The molecule has 15 aromatic rings. The summed E-state index contributed by atoms with van der Waals surface area (Å²) in [5, 5.41) is 10.2. The summed E-state index contributed by atoms with van der Waals surface area (Å²) >= 11 is 0. The number of aromatic nitrogens is 3. The molecule has 0 fully saturated rings. The van der Waals surface area contributed by atoms with Crippen LogP contribution in [0.15, 0.2) is 255 Å². The van der Waals surface area contributed by atoms with E-state index in [4.69, 9.17) is 0 Å². The number of hydrogen-bond acceptors (Lipinski definition) is 1. The lowest BCUT2D eigenvalue weighted by Crippen LogP contribution is -2.10. The Kier molecular flexibility index (Phi) is 8.33. The van der Waals surface area contributed by atoms with Crippen LogP contribution in [0.2, 0.25) is 0 Å². The van der Waals surface area contributed by atoms with Crippen LogP contribution in [0.1, 0.15) is 0 Å². The van der Waals surface area contributed by atoms with Crippen molar-refractivity contribution in [1.82, 2.24) is 13.5 Å². The molecule has 0 saturated carbocycles. The maximum Gasteiger partial charge on any atom is 0.0620 e. The molecular formula is C66H42N4. The van der Waals surface area contributed by atoms with Crippen molar-refractivity contribution < 1.29 is 0 Å².